The summed E-state index contributed by atoms with van der Waals surface area (Å²) in [6, 6.07) is 7.42. The van der Waals surface area contributed by atoms with E-state index in [9.17, 15) is 0 Å². The van der Waals surface area contributed by atoms with Crippen LogP contribution in [0.5, 0.6) is 0 Å². The van der Waals surface area contributed by atoms with Gasteiger partial charge in [-0.25, -0.2) is 5.43 Å². The minimum atomic E-state index is -0.181. The van der Waals surface area contributed by atoms with E-state index in [2.05, 4.69) is 26.5 Å². The molecule has 0 aliphatic carbocycles. The minimum Gasteiger partial charge on any atom is -0.398 e. The van der Waals surface area contributed by atoms with Crippen LogP contribution in [0.25, 0.3) is 0 Å². The Balaban J connectivity index is 2.49. The van der Waals surface area contributed by atoms with E-state index in [-0.39, 0.29) is 6.04 Å². The zero-order valence-corrected chi connectivity index (χ0v) is 11.0. The van der Waals surface area contributed by atoms with E-state index in [0.29, 0.717) is 5.69 Å². The van der Waals surface area contributed by atoms with Crippen molar-refractivity contribution in [2.75, 3.05) is 5.73 Å². The lowest BCUT2D eigenvalue weighted by atomic mass is 10.0. The molecule has 0 amide bonds. The van der Waals surface area contributed by atoms with E-state index >= 15 is 0 Å². The lowest BCUT2D eigenvalue weighted by molar-refractivity contribution is 0.576. The standard InChI is InChI=1S/C11H14BrN5/c1-17-10(4-5-15-17)11(16-14)8-6-7(12)2-3-9(8)13/h2-6,11,16H,13-14H2,1H3. The van der Waals surface area contributed by atoms with Crippen LogP contribution >= 0.6 is 15.9 Å². The number of nitrogens with zero attached hydrogens (tertiary/aromatic N) is 2. The van der Waals surface area contributed by atoms with Crippen molar-refractivity contribution in [1.82, 2.24) is 15.2 Å². The summed E-state index contributed by atoms with van der Waals surface area (Å²) in [5.41, 5.74) is 11.3. The fourth-order valence-corrected chi connectivity index (χ4v) is 2.18. The van der Waals surface area contributed by atoms with Gasteiger partial charge in [0.15, 0.2) is 0 Å². The van der Waals surface area contributed by atoms with Gasteiger partial charge in [-0.3, -0.25) is 10.5 Å². The minimum absolute atomic E-state index is 0.181. The number of hydrogen-bond acceptors (Lipinski definition) is 4. The first-order valence-electron chi connectivity index (χ1n) is 5.12. The van der Waals surface area contributed by atoms with Gasteiger partial charge in [-0.15, -0.1) is 0 Å². The molecule has 0 saturated carbocycles. The molecule has 0 bridgehead atoms. The SMILES string of the molecule is Cn1nccc1C(NN)c1cc(Br)ccc1N. The number of nitrogens with one attached hydrogen (secondary N) is 1. The van der Waals surface area contributed by atoms with Crippen LogP contribution < -0.4 is 17.0 Å². The van der Waals surface area contributed by atoms with Crippen LogP contribution in [0.15, 0.2) is 34.9 Å². The predicted molar refractivity (Wildman–Crippen MR) is 70.9 cm³/mol. The molecule has 0 aliphatic heterocycles. The average Bonchev–Trinajstić information content (AvgIpc) is 2.71. The molecule has 1 atom stereocenters. The first kappa shape index (κ1) is 12.1. The Morgan fingerprint density at radius 1 is 1.41 bits per heavy atom. The van der Waals surface area contributed by atoms with Crippen LogP contribution in [0.4, 0.5) is 5.69 Å². The number of aromatic nitrogens is 2. The third kappa shape index (κ3) is 2.33. The maximum absolute atomic E-state index is 5.98. The molecule has 1 aromatic heterocycles. The molecule has 90 valence electrons. The first-order chi connectivity index (χ1) is 8.13. The van der Waals surface area contributed by atoms with Crippen LogP contribution in [0.1, 0.15) is 17.3 Å². The van der Waals surface area contributed by atoms with Crippen LogP contribution in [0.2, 0.25) is 0 Å². The molecule has 17 heavy (non-hydrogen) atoms. The Kier molecular flexibility index (Phi) is 3.46. The molecule has 1 aromatic carbocycles. The maximum Gasteiger partial charge on any atom is 0.0898 e. The van der Waals surface area contributed by atoms with E-state index in [4.69, 9.17) is 11.6 Å². The van der Waals surface area contributed by atoms with Crippen molar-refractivity contribution < 1.29 is 0 Å². The van der Waals surface area contributed by atoms with Crippen molar-refractivity contribution in [2.24, 2.45) is 12.9 Å². The summed E-state index contributed by atoms with van der Waals surface area (Å²) in [4.78, 5) is 0. The van der Waals surface area contributed by atoms with E-state index in [1.807, 2.05) is 31.3 Å². The van der Waals surface area contributed by atoms with Crippen LogP contribution in [0, 0.1) is 0 Å². The molecule has 0 spiro atoms. The summed E-state index contributed by atoms with van der Waals surface area (Å²) in [5.74, 6) is 5.62. The molecule has 0 fully saturated rings. The number of halogens is 1. The highest BCUT2D eigenvalue weighted by Crippen LogP contribution is 2.28. The fourth-order valence-electron chi connectivity index (χ4n) is 1.80. The second kappa shape index (κ2) is 4.87. The number of rotatable bonds is 3. The Hall–Kier alpha value is -1.37. The topological polar surface area (TPSA) is 81.9 Å². The highest BCUT2D eigenvalue weighted by atomic mass is 79.9. The molecule has 0 aliphatic rings. The second-order valence-corrected chi connectivity index (χ2v) is 4.67. The van der Waals surface area contributed by atoms with Gasteiger partial charge in [0.2, 0.25) is 0 Å². The van der Waals surface area contributed by atoms with Crippen molar-refractivity contribution in [1.29, 1.82) is 0 Å². The van der Waals surface area contributed by atoms with Gasteiger partial charge in [-0.05, 0) is 24.3 Å². The van der Waals surface area contributed by atoms with E-state index in [1.54, 1.807) is 10.9 Å². The summed E-state index contributed by atoms with van der Waals surface area (Å²) >= 11 is 3.43. The zero-order chi connectivity index (χ0) is 12.4. The Bertz CT molecular complexity index is 522. The first-order valence-corrected chi connectivity index (χ1v) is 5.91. The third-order valence-corrected chi connectivity index (χ3v) is 3.17. The molecule has 5 nitrogen and oxygen atoms in total. The molecule has 2 rings (SSSR count). The highest BCUT2D eigenvalue weighted by molar-refractivity contribution is 9.10. The van der Waals surface area contributed by atoms with Gasteiger partial charge in [0.1, 0.15) is 0 Å². The smallest absolute Gasteiger partial charge is 0.0898 e. The van der Waals surface area contributed by atoms with Gasteiger partial charge >= 0.3 is 0 Å². The second-order valence-electron chi connectivity index (χ2n) is 3.75. The highest BCUT2D eigenvalue weighted by Gasteiger charge is 2.18. The Morgan fingerprint density at radius 3 is 2.76 bits per heavy atom. The molecule has 1 unspecified atom stereocenters. The summed E-state index contributed by atoms with van der Waals surface area (Å²) in [6.45, 7) is 0. The van der Waals surface area contributed by atoms with Crippen molar-refractivity contribution >= 4 is 21.6 Å². The Morgan fingerprint density at radius 2 is 2.18 bits per heavy atom. The number of hydrazine groups is 1. The van der Waals surface area contributed by atoms with Gasteiger partial charge in [0, 0.05) is 29.0 Å². The van der Waals surface area contributed by atoms with Crippen molar-refractivity contribution in [2.45, 2.75) is 6.04 Å². The largest absolute Gasteiger partial charge is 0.398 e. The molecule has 2 aromatic rings. The summed E-state index contributed by atoms with van der Waals surface area (Å²) < 4.78 is 2.73. The van der Waals surface area contributed by atoms with Crippen LogP contribution in [-0.4, -0.2) is 9.78 Å². The predicted octanol–water partition coefficient (Wildman–Crippen LogP) is 1.32. The van der Waals surface area contributed by atoms with Gasteiger partial charge in [0.25, 0.3) is 0 Å². The lowest BCUT2D eigenvalue weighted by Gasteiger charge is -2.18. The van der Waals surface area contributed by atoms with E-state index in [0.717, 1.165) is 15.7 Å². The lowest BCUT2D eigenvalue weighted by Crippen LogP contribution is -2.31. The summed E-state index contributed by atoms with van der Waals surface area (Å²) in [5, 5.41) is 4.13. The molecule has 0 radical (unpaired) electrons. The number of nitrogen functional groups attached to an aromatic ring is 1. The maximum atomic E-state index is 5.98. The van der Waals surface area contributed by atoms with Gasteiger partial charge < -0.3 is 5.73 Å². The summed E-state index contributed by atoms with van der Waals surface area (Å²) in [6.07, 6.45) is 1.73. The number of hydrogen-bond donors (Lipinski definition) is 3. The summed E-state index contributed by atoms with van der Waals surface area (Å²) in [7, 11) is 1.87. The third-order valence-electron chi connectivity index (χ3n) is 2.68. The average molecular weight is 296 g/mol. The van der Waals surface area contributed by atoms with Gasteiger partial charge in [0.05, 0.1) is 11.7 Å². The van der Waals surface area contributed by atoms with Crippen molar-refractivity contribution in [3.63, 3.8) is 0 Å². The van der Waals surface area contributed by atoms with Crippen molar-refractivity contribution in [3.05, 3.63) is 46.2 Å². The molecule has 1 heterocycles. The van der Waals surface area contributed by atoms with E-state index in [1.165, 1.54) is 0 Å². The van der Waals surface area contributed by atoms with Gasteiger partial charge in [-0.2, -0.15) is 5.10 Å². The monoisotopic (exact) mass is 295 g/mol. The molecule has 0 saturated heterocycles. The van der Waals surface area contributed by atoms with Gasteiger partial charge in [-0.1, -0.05) is 15.9 Å². The number of benzene rings is 1. The zero-order valence-electron chi connectivity index (χ0n) is 9.39. The Labute approximate surface area is 108 Å². The molecular formula is C11H14BrN5. The number of nitrogens with two attached hydrogens (primary N) is 2. The van der Waals surface area contributed by atoms with Crippen LogP contribution in [0.3, 0.4) is 0 Å². The van der Waals surface area contributed by atoms with Crippen molar-refractivity contribution in [3.8, 4) is 0 Å². The normalized spacial score (nSPS) is 12.6. The fraction of sp³-hybridized carbons (Fsp3) is 0.182. The number of aryl methyl sites for hydroxylation is 1. The molecule has 5 N–H and O–H groups in total. The van der Waals surface area contributed by atoms with Crippen LogP contribution in [-0.2, 0) is 7.05 Å². The number of anilines is 1. The van der Waals surface area contributed by atoms with E-state index < -0.39 is 0 Å². The molecular weight excluding hydrogens is 282 g/mol. The molecule has 6 heteroatoms. The quantitative estimate of drug-likeness (QED) is 0.453.